The SMILES string of the molecule is CN(C)S(=O)(=O)Nc1ccc(Nc2ccccc2C(F)(F)F)cn1. The fraction of sp³-hybridized carbons (Fsp3) is 0.214. The maximum Gasteiger partial charge on any atom is 0.418 e. The van der Waals surface area contributed by atoms with E-state index in [0.717, 1.165) is 10.4 Å². The molecule has 0 fully saturated rings. The molecule has 130 valence electrons. The summed E-state index contributed by atoms with van der Waals surface area (Å²) in [5, 5.41) is 2.62. The van der Waals surface area contributed by atoms with E-state index < -0.39 is 21.9 Å². The van der Waals surface area contributed by atoms with E-state index in [2.05, 4.69) is 15.0 Å². The average molecular weight is 360 g/mol. The molecule has 2 aromatic rings. The van der Waals surface area contributed by atoms with Gasteiger partial charge in [-0.05, 0) is 24.3 Å². The molecule has 2 rings (SSSR count). The molecule has 1 aromatic carbocycles. The zero-order valence-electron chi connectivity index (χ0n) is 12.8. The number of rotatable bonds is 5. The third kappa shape index (κ3) is 4.36. The molecule has 24 heavy (non-hydrogen) atoms. The molecule has 1 heterocycles. The van der Waals surface area contributed by atoms with Crippen LogP contribution in [0.1, 0.15) is 5.56 Å². The Bertz CT molecular complexity index is 806. The first-order valence-electron chi connectivity index (χ1n) is 6.69. The van der Waals surface area contributed by atoms with Gasteiger partial charge in [-0.25, -0.2) is 4.98 Å². The number of benzene rings is 1. The molecule has 0 bridgehead atoms. The van der Waals surface area contributed by atoms with Crippen LogP contribution in [-0.4, -0.2) is 31.8 Å². The second kappa shape index (κ2) is 6.65. The Labute approximate surface area is 137 Å². The Morgan fingerprint density at radius 1 is 1.08 bits per heavy atom. The van der Waals surface area contributed by atoms with Crippen molar-refractivity contribution in [1.29, 1.82) is 0 Å². The van der Waals surface area contributed by atoms with E-state index in [0.29, 0.717) is 5.69 Å². The fourth-order valence-electron chi connectivity index (χ4n) is 1.75. The van der Waals surface area contributed by atoms with Crippen LogP contribution in [0.15, 0.2) is 42.6 Å². The van der Waals surface area contributed by atoms with Gasteiger partial charge in [0, 0.05) is 14.1 Å². The van der Waals surface area contributed by atoms with Crippen LogP contribution in [0.25, 0.3) is 0 Å². The minimum absolute atomic E-state index is 0.0540. The van der Waals surface area contributed by atoms with Gasteiger partial charge in [0.1, 0.15) is 5.82 Å². The van der Waals surface area contributed by atoms with Crippen LogP contribution in [0.3, 0.4) is 0 Å². The standard InChI is InChI=1S/C14H15F3N4O2S/c1-21(2)24(22,23)20-13-8-7-10(9-18-13)19-12-6-4-3-5-11(12)14(15,16)17/h3-9,19H,1-2H3,(H,18,20). The molecule has 1 aromatic heterocycles. The minimum Gasteiger partial charge on any atom is -0.354 e. The van der Waals surface area contributed by atoms with E-state index in [9.17, 15) is 21.6 Å². The molecular weight excluding hydrogens is 345 g/mol. The summed E-state index contributed by atoms with van der Waals surface area (Å²) in [6.07, 6.45) is -3.25. The van der Waals surface area contributed by atoms with Crippen LogP contribution in [0.2, 0.25) is 0 Å². The van der Waals surface area contributed by atoms with Gasteiger partial charge in [0.25, 0.3) is 0 Å². The number of aromatic nitrogens is 1. The predicted molar refractivity (Wildman–Crippen MR) is 85.2 cm³/mol. The largest absolute Gasteiger partial charge is 0.418 e. The molecule has 0 saturated carbocycles. The molecule has 0 atom stereocenters. The van der Waals surface area contributed by atoms with Crippen molar-refractivity contribution >= 4 is 27.4 Å². The molecule has 6 nitrogen and oxygen atoms in total. The lowest BCUT2D eigenvalue weighted by Gasteiger charge is -2.15. The van der Waals surface area contributed by atoms with Crippen LogP contribution < -0.4 is 10.0 Å². The van der Waals surface area contributed by atoms with Crippen LogP contribution in [-0.2, 0) is 16.4 Å². The van der Waals surface area contributed by atoms with Crippen molar-refractivity contribution in [3.63, 3.8) is 0 Å². The summed E-state index contributed by atoms with van der Waals surface area (Å²) in [7, 11) is -0.990. The van der Waals surface area contributed by atoms with Gasteiger partial charge in [-0.2, -0.15) is 25.9 Å². The predicted octanol–water partition coefficient (Wildman–Crippen LogP) is 3.06. The van der Waals surface area contributed by atoms with Crippen molar-refractivity contribution in [2.45, 2.75) is 6.18 Å². The molecule has 0 aliphatic carbocycles. The summed E-state index contributed by atoms with van der Waals surface area (Å²) in [5.41, 5.74) is -0.629. The Balaban J connectivity index is 2.19. The topological polar surface area (TPSA) is 74.3 Å². The van der Waals surface area contributed by atoms with Gasteiger partial charge in [-0.1, -0.05) is 12.1 Å². The number of hydrogen-bond donors (Lipinski definition) is 2. The van der Waals surface area contributed by atoms with Crippen molar-refractivity contribution in [2.75, 3.05) is 24.1 Å². The van der Waals surface area contributed by atoms with Crippen molar-refractivity contribution in [3.8, 4) is 0 Å². The molecule has 0 amide bonds. The van der Waals surface area contributed by atoms with Crippen LogP contribution >= 0.6 is 0 Å². The van der Waals surface area contributed by atoms with E-state index in [-0.39, 0.29) is 11.5 Å². The van der Waals surface area contributed by atoms with Gasteiger partial charge < -0.3 is 5.32 Å². The summed E-state index contributed by atoms with van der Waals surface area (Å²) < 4.78 is 65.3. The van der Waals surface area contributed by atoms with E-state index in [1.54, 1.807) is 0 Å². The van der Waals surface area contributed by atoms with E-state index >= 15 is 0 Å². The lowest BCUT2D eigenvalue weighted by Crippen LogP contribution is -2.29. The van der Waals surface area contributed by atoms with Crippen molar-refractivity contribution in [3.05, 3.63) is 48.2 Å². The monoisotopic (exact) mass is 360 g/mol. The third-order valence-electron chi connectivity index (χ3n) is 2.99. The average Bonchev–Trinajstić information content (AvgIpc) is 2.48. The molecular formula is C14H15F3N4O2S. The second-order valence-electron chi connectivity index (χ2n) is 4.99. The fourth-order valence-corrected chi connectivity index (χ4v) is 2.31. The third-order valence-corrected chi connectivity index (χ3v) is 4.42. The summed E-state index contributed by atoms with van der Waals surface area (Å²) in [5.74, 6) is 0.0540. The zero-order valence-corrected chi connectivity index (χ0v) is 13.6. The highest BCUT2D eigenvalue weighted by Gasteiger charge is 2.33. The molecule has 0 unspecified atom stereocenters. The molecule has 10 heteroatoms. The zero-order chi connectivity index (χ0) is 18.0. The summed E-state index contributed by atoms with van der Waals surface area (Å²) in [6.45, 7) is 0. The molecule has 0 saturated heterocycles. The smallest absolute Gasteiger partial charge is 0.354 e. The molecule has 0 aliphatic rings. The Hall–Kier alpha value is -2.33. The van der Waals surface area contributed by atoms with Crippen molar-refractivity contribution < 1.29 is 21.6 Å². The summed E-state index contributed by atoms with van der Waals surface area (Å²) in [6, 6.07) is 7.81. The molecule has 0 spiro atoms. The number of nitrogens with zero attached hydrogens (tertiary/aromatic N) is 2. The van der Waals surface area contributed by atoms with Gasteiger partial charge in [0.05, 0.1) is 23.1 Å². The first kappa shape index (κ1) is 18.0. The lowest BCUT2D eigenvalue weighted by atomic mass is 10.1. The van der Waals surface area contributed by atoms with Gasteiger partial charge in [0.15, 0.2) is 0 Å². The highest BCUT2D eigenvalue weighted by molar-refractivity contribution is 7.90. The second-order valence-corrected chi connectivity index (χ2v) is 6.87. The maximum atomic E-state index is 12.9. The number of halogens is 3. The number of anilines is 3. The lowest BCUT2D eigenvalue weighted by molar-refractivity contribution is -0.136. The number of hydrogen-bond acceptors (Lipinski definition) is 4. The number of para-hydroxylation sites is 1. The van der Waals surface area contributed by atoms with Crippen molar-refractivity contribution in [2.24, 2.45) is 0 Å². The minimum atomic E-state index is -4.49. The molecule has 0 radical (unpaired) electrons. The van der Waals surface area contributed by atoms with Crippen LogP contribution in [0.4, 0.5) is 30.4 Å². The first-order chi connectivity index (χ1) is 11.1. The number of alkyl halides is 3. The van der Waals surface area contributed by atoms with Crippen LogP contribution in [0.5, 0.6) is 0 Å². The normalized spacial score (nSPS) is 12.2. The Kier molecular flexibility index (Phi) is 4.99. The van der Waals surface area contributed by atoms with Gasteiger partial charge in [-0.3, -0.25) is 4.72 Å². The first-order valence-corrected chi connectivity index (χ1v) is 8.13. The Morgan fingerprint density at radius 3 is 2.29 bits per heavy atom. The van der Waals surface area contributed by atoms with Gasteiger partial charge in [-0.15, -0.1) is 0 Å². The quantitative estimate of drug-likeness (QED) is 0.859. The van der Waals surface area contributed by atoms with Crippen LogP contribution in [0, 0.1) is 0 Å². The summed E-state index contributed by atoms with van der Waals surface area (Å²) >= 11 is 0. The molecule has 0 aliphatic heterocycles. The number of nitrogens with one attached hydrogen (secondary N) is 2. The van der Waals surface area contributed by atoms with E-state index in [1.165, 1.54) is 50.6 Å². The van der Waals surface area contributed by atoms with Gasteiger partial charge >= 0.3 is 16.4 Å². The van der Waals surface area contributed by atoms with Gasteiger partial charge in [0.2, 0.25) is 0 Å². The maximum absolute atomic E-state index is 12.9. The summed E-state index contributed by atoms with van der Waals surface area (Å²) in [4.78, 5) is 3.87. The number of pyridine rings is 1. The van der Waals surface area contributed by atoms with E-state index in [1.807, 2.05) is 0 Å². The Morgan fingerprint density at radius 2 is 1.75 bits per heavy atom. The molecule has 2 N–H and O–H groups in total. The highest BCUT2D eigenvalue weighted by atomic mass is 32.2. The highest BCUT2D eigenvalue weighted by Crippen LogP contribution is 2.35. The van der Waals surface area contributed by atoms with Crippen molar-refractivity contribution in [1.82, 2.24) is 9.29 Å². The van der Waals surface area contributed by atoms with E-state index in [4.69, 9.17) is 0 Å².